The number of thioether (sulfide) groups is 2. The lowest BCUT2D eigenvalue weighted by molar-refractivity contribution is 1.35. The molecule has 1 rings (SSSR count). The van der Waals surface area contributed by atoms with E-state index in [4.69, 9.17) is 0 Å². The number of alkyl halides is 2. The molecule has 0 aromatic heterocycles. The van der Waals surface area contributed by atoms with E-state index in [0.717, 1.165) is 0 Å². The van der Waals surface area contributed by atoms with E-state index in [0.29, 0.717) is 8.32 Å². The van der Waals surface area contributed by atoms with E-state index in [9.17, 15) is 0 Å². The van der Waals surface area contributed by atoms with Crippen LogP contribution in [0, 0.1) is 0 Å². The summed E-state index contributed by atoms with van der Waals surface area (Å²) in [6.07, 6.45) is 0. The first-order valence-electron chi connectivity index (χ1n) is 2.30. The summed E-state index contributed by atoms with van der Waals surface area (Å²) in [7, 11) is 0. The normalized spacial score (nSPS) is 39.8. The van der Waals surface area contributed by atoms with Gasteiger partial charge in [-0.15, -0.1) is 23.5 Å². The van der Waals surface area contributed by atoms with Gasteiger partial charge in [0.15, 0.2) is 0 Å². The van der Waals surface area contributed by atoms with Gasteiger partial charge in [-0.2, -0.15) is 0 Å². The summed E-state index contributed by atoms with van der Waals surface area (Å²) >= 11 is 11.0. The summed E-state index contributed by atoms with van der Waals surface area (Å²) in [5.41, 5.74) is 0. The molecule has 0 amide bonds. The molecule has 0 radical (unpaired) electrons. The van der Waals surface area contributed by atoms with Gasteiger partial charge in [0, 0.05) is 11.5 Å². The van der Waals surface area contributed by atoms with Crippen LogP contribution < -0.4 is 0 Å². The van der Waals surface area contributed by atoms with Crippen LogP contribution in [-0.2, 0) is 0 Å². The van der Waals surface area contributed by atoms with Crippen LogP contribution in [0.1, 0.15) is 0 Å². The first-order chi connectivity index (χ1) is 3.79. The van der Waals surface area contributed by atoms with Crippen molar-refractivity contribution in [2.24, 2.45) is 0 Å². The minimum absolute atomic E-state index is 0.682. The molecule has 1 saturated heterocycles. The van der Waals surface area contributed by atoms with E-state index in [2.05, 4.69) is 31.9 Å². The topological polar surface area (TPSA) is 0 Å². The van der Waals surface area contributed by atoms with Crippen molar-refractivity contribution < 1.29 is 0 Å². The molecular weight excluding hydrogens is 272 g/mol. The molecule has 0 spiro atoms. The fourth-order valence-corrected chi connectivity index (χ4v) is 4.25. The summed E-state index contributed by atoms with van der Waals surface area (Å²) < 4.78 is 1.36. The van der Waals surface area contributed by atoms with Crippen molar-refractivity contribution >= 4 is 55.4 Å². The zero-order valence-electron chi connectivity index (χ0n) is 4.14. The van der Waals surface area contributed by atoms with Gasteiger partial charge in [-0.1, -0.05) is 31.9 Å². The lowest BCUT2D eigenvalue weighted by Crippen LogP contribution is -2.11. The van der Waals surface area contributed by atoms with Crippen molar-refractivity contribution in [1.29, 1.82) is 0 Å². The number of rotatable bonds is 0. The fraction of sp³-hybridized carbons (Fsp3) is 1.00. The van der Waals surface area contributed by atoms with Crippen molar-refractivity contribution in [3.8, 4) is 0 Å². The van der Waals surface area contributed by atoms with E-state index in [1.54, 1.807) is 0 Å². The standard InChI is InChI=1S/C4H6Br2S2/c5-3-1-7-4(6)2-8-3/h3-4H,1-2H2. The van der Waals surface area contributed by atoms with E-state index in [1.165, 1.54) is 11.5 Å². The van der Waals surface area contributed by atoms with Crippen molar-refractivity contribution in [3.05, 3.63) is 0 Å². The second kappa shape index (κ2) is 3.74. The third kappa shape index (κ3) is 2.50. The molecule has 8 heavy (non-hydrogen) atoms. The van der Waals surface area contributed by atoms with Crippen LogP contribution in [-0.4, -0.2) is 19.8 Å². The van der Waals surface area contributed by atoms with E-state index >= 15 is 0 Å². The van der Waals surface area contributed by atoms with E-state index < -0.39 is 0 Å². The van der Waals surface area contributed by atoms with Crippen LogP contribution in [0.5, 0.6) is 0 Å². The summed E-state index contributed by atoms with van der Waals surface area (Å²) in [6, 6.07) is 0. The second-order valence-corrected chi connectivity index (χ2v) is 7.38. The molecule has 0 aromatic rings. The molecule has 1 fully saturated rings. The van der Waals surface area contributed by atoms with Crippen LogP contribution in [0.3, 0.4) is 0 Å². The van der Waals surface area contributed by atoms with Crippen molar-refractivity contribution in [1.82, 2.24) is 0 Å². The molecule has 0 bridgehead atoms. The molecule has 1 heterocycles. The lowest BCUT2D eigenvalue weighted by atomic mass is 10.9. The van der Waals surface area contributed by atoms with E-state index in [1.807, 2.05) is 23.5 Å². The van der Waals surface area contributed by atoms with Gasteiger partial charge in [-0.05, 0) is 0 Å². The highest BCUT2D eigenvalue weighted by Gasteiger charge is 2.16. The maximum Gasteiger partial charge on any atom is 0.0691 e. The lowest BCUT2D eigenvalue weighted by Gasteiger charge is -2.19. The molecule has 4 heteroatoms. The Hall–Kier alpha value is 1.66. The summed E-state index contributed by atoms with van der Waals surface area (Å²) in [4.78, 5) is 0. The Bertz CT molecular complexity index is 60.4. The Labute approximate surface area is 74.8 Å². The minimum atomic E-state index is 0.682. The largest absolute Gasteiger partial charge is 0.144 e. The molecule has 0 aliphatic carbocycles. The molecule has 1 aliphatic heterocycles. The monoisotopic (exact) mass is 276 g/mol. The Morgan fingerprint density at radius 1 is 1.00 bits per heavy atom. The highest BCUT2D eigenvalue weighted by atomic mass is 79.9. The van der Waals surface area contributed by atoms with Crippen LogP contribution in [0.15, 0.2) is 0 Å². The maximum atomic E-state index is 3.54. The fourth-order valence-electron chi connectivity index (χ4n) is 0.456. The predicted molar refractivity (Wildman–Crippen MR) is 50.3 cm³/mol. The highest BCUT2D eigenvalue weighted by molar-refractivity contribution is 9.12. The smallest absolute Gasteiger partial charge is 0.0691 e. The zero-order chi connectivity index (χ0) is 5.98. The van der Waals surface area contributed by atoms with Gasteiger partial charge in [0.2, 0.25) is 0 Å². The minimum Gasteiger partial charge on any atom is -0.144 e. The molecule has 2 atom stereocenters. The molecule has 0 N–H and O–H groups in total. The third-order valence-electron chi connectivity index (χ3n) is 0.816. The molecular formula is C4H6Br2S2. The first kappa shape index (κ1) is 7.76. The van der Waals surface area contributed by atoms with Gasteiger partial charge in [0.05, 0.1) is 8.32 Å². The number of hydrogen-bond acceptors (Lipinski definition) is 2. The molecule has 0 nitrogen and oxygen atoms in total. The zero-order valence-corrected chi connectivity index (χ0v) is 8.95. The van der Waals surface area contributed by atoms with Crippen molar-refractivity contribution in [3.63, 3.8) is 0 Å². The van der Waals surface area contributed by atoms with Crippen molar-refractivity contribution in [2.45, 2.75) is 8.32 Å². The van der Waals surface area contributed by atoms with E-state index in [-0.39, 0.29) is 0 Å². The molecule has 0 saturated carbocycles. The van der Waals surface area contributed by atoms with Gasteiger partial charge in [-0.25, -0.2) is 0 Å². The predicted octanol–water partition coefficient (Wildman–Crippen LogP) is 2.91. The van der Waals surface area contributed by atoms with Gasteiger partial charge < -0.3 is 0 Å². The number of halogens is 2. The van der Waals surface area contributed by atoms with Gasteiger partial charge in [-0.3, -0.25) is 0 Å². The van der Waals surface area contributed by atoms with Crippen LogP contribution in [0.25, 0.3) is 0 Å². The first-order valence-corrected chi connectivity index (χ1v) is 6.23. The quantitative estimate of drug-likeness (QED) is 0.625. The second-order valence-electron chi connectivity index (χ2n) is 1.49. The van der Waals surface area contributed by atoms with Crippen LogP contribution >= 0.6 is 55.4 Å². The SMILES string of the molecule is BrC1CSC(Br)CS1. The Balaban J connectivity index is 2.19. The Morgan fingerprint density at radius 3 is 1.62 bits per heavy atom. The van der Waals surface area contributed by atoms with Gasteiger partial charge in [0.1, 0.15) is 0 Å². The Kier molecular flexibility index (Phi) is 3.63. The van der Waals surface area contributed by atoms with Gasteiger partial charge >= 0.3 is 0 Å². The summed E-state index contributed by atoms with van der Waals surface area (Å²) in [5.74, 6) is 2.45. The van der Waals surface area contributed by atoms with Crippen LogP contribution in [0.2, 0.25) is 0 Å². The molecule has 2 unspecified atom stereocenters. The Morgan fingerprint density at radius 2 is 1.38 bits per heavy atom. The molecule has 1 aliphatic rings. The molecule has 0 aromatic carbocycles. The number of hydrogen-bond donors (Lipinski definition) is 0. The average molecular weight is 278 g/mol. The molecule has 48 valence electrons. The average Bonchev–Trinajstić information content (AvgIpc) is 1.77. The van der Waals surface area contributed by atoms with Crippen molar-refractivity contribution in [2.75, 3.05) is 11.5 Å². The summed E-state index contributed by atoms with van der Waals surface area (Å²) in [6.45, 7) is 0. The van der Waals surface area contributed by atoms with Gasteiger partial charge in [0.25, 0.3) is 0 Å². The maximum absolute atomic E-state index is 3.54. The third-order valence-corrected chi connectivity index (χ3v) is 6.44. The van der Waals surface area contributed by atoms with Crippen LogP contribution in [0.4, 0.5) is 0 Å². The summed E-state index contributed by atoms with van der Waals surface area (Å²) in [5, 5.41) is 0. The highest BCUT2D eigenvalue weighted by Crippen LogP contribution is 2.35.